The molecule has 0 aliphatic carbocycles. The summed E-state index contributed by atoms with van der Waals surface area (Å²) in [6.45, 7) is 1.48. The molecule has 0 amide bonds. The van der Waals surface area contributed by atoms with E-state index in [1.807, 2.05) is 22.4 Å². The van der Waals surface area contributed by atoms with E-state index in [-0.39, 0.29) is 17.3 Å². The second kappa shape index (κ2) is 8.47. The van der Waals surface area contributed by atoms with Crippen LogP contribution in [0.15, 0.2) is 35.7 Å². The lowest BCUT2D eigenvalue weighted by Gasteiger charge is -2.38. The quantitative estimate of drug-likeness (QED) is 0.458. The number of nitro benzene ring substituents is 1. The molecule has 144 valence electrons. The van der Waals surface area contributed by atoms with E-state index in [2.05, 4.69) is 4.74 Å². The number of hydrogen-bond donors (Lipinski definition) is 1. The van der Waals surface area contributed by atoms with Crippen LogP contribution in [0.4, 0.5) is 11.4 Å². The number of carbonyl (C=O) groups is 1. The molecule has 1 aliphatic rings. The Balaban J connectivity index is 1.87. The molecule has 2 unspecified atom stereocenters. The second-order valence-electron chi connectivity index (χ2n) is 6.14. The van der Waals surface area contributed by atoms with Gasteiger partial charge in [0.05, 0.1) is 37.4 Å². The summed E-state index contributed by atoms with van der Waals surface area (Å²) in [7, 11) is 1.19. The Kier molecular flexibility index (Phi) is 6.04. The standard InChI is InChI=1S/C18H20N2O6S/c1-25-18(22)14-9-12(4-5-15(14)20(23)24)19-6-7-26-11-13(19)10-16(21)17-3-2-8-27-17/h2-5,8-9,13,16,21H,6-7,10-11H2,1H3. The smallest absolute Gasteiger partial charge is 0.344 e. The van der Waals surface area contributed by atoms with Gasteiger partial charge in [-0.3, -0.25) is 10.1 Å². The van der Waals surface area contributed by atoms with E-state index < -0.39 is 17.0 Å². The van der Waals surface area contributed by atoms with Crippen molar-refractivity contribution in [2.45, 2.75) is 18.6 Å². The number of carbonyl (C=O) groups excluding carboxylic acids is 1. The van der Waals surface area contributed by atoms with E-state index in [0.717, 1.165) is 4.88 Å². The Morgan fingerprint density at radius 3 is 3.00 bits per heavy atom. The summed E-state index contributed by atoms with van der Waals surface area (Å²) in [5.41, 5.74) is 0.269. The molecule has 1 fully saturated rings. The van der Waals surface area contributed by atoms with E-state index in [4.69, 9.17) is 4.74 Å². The first-order chi connectivity index (χ1) is 13.0. The zero-order valence-electron chi connectivity index (χ0n) is 14.7. The van der Waals surface area contributed by atoms with Crippen LogP contribution in [0.2, 0.25) is 0 Å². The second-order valence-corrected chi connectivity index (χ2v) is 7.12. The monoisotopic (exact) mass is 392 g/mol. The van der Waals surface area contributed by atoms with Gasteiger partial charge in [0.25, 0.3) is 5.69 Å². The van der Waals surface area contributed by atoms with Gasteiger partial charge in [0.1, 0.15) is 5.56 Å². The number of rotatable bonds is 6. The first-order valence-corrected chi connectivity index (χ1v) is 9.32. The Bertz CT molecular complexity index is 810. The summed E-state index contributed by atoms with van der Waals surface area (Å²) in [4.78, 5) is 25.5. The predicted molar refractivity (Wildman–Crippen MR) is 100 cm³/mol. The zero-order chi connectivity index (χ0) is 19.4. The molecule has 1 aromatic carbocycles. The highest BCUT2D eigenvalue weighted by Crippen LogP contribution is 2.31. The van der Waals surface area contributed by atoms with Crippen molar-refractivity contribution in [3.8, 4) is 0 Å². The lowest BCUT2D eigenvalue weighted by atomic mass is 10.0. The summed E-state index contributed by atoms with van der Waals surface area (Å²) in [5, 5.41) is 23.6. The van der Waals surface area contributed by atoms with Crippen molar-refractivity contribution in [1.82, 2.24) is 0 Å². The Morgan fingerprint density at radius 2 is 2.33 bits per heavy atom. The number of aliphatic hydroxyl groups excluding tert-OH is 1. The number of esters is 1. The number of morpholine rings is 1. The topological polar surface area (TPSA) is 102 Å². The summed E-state index contributed by atoms with van der Waals surface area (Å²) in [5.74, 6) is -0.757. The Labute approximate surface area is 160 Å². The highest BCUT2D eigenvalue weighted by Gasteiger charge is 2.29. The van der Waals surface area contributed by atoms with Crippen LogP contribution in [0, 0.1) is 10.1 Å². The highest BCUT2D eigenvalue weighted by atomic mass is 32.1. The van der Waals surface area contributed by atoms with E-state index in [1.54, 1.807) is 6.07 Å². The first kappa shape index (κ1) is 19.3. The summed E-state index contributed by atoms with van der Waals surface area (Å²) < 4.78 is 10.2. The number of ether oxygens (including phenoxy) is 2. The number of nitro groups is 1. The Hall–Kier alpha value is -2.49. The number of benzene rings is 1. The lowest BCUT2D eigenvalue weighted by molar-refractivity contribution is -0.385. The molecule has 0 spiro atoms. The van der Waals surface area contributed by atoms with Gasteiger partial charge in [0.2, 0.25) is 0 Å². The molecule has 9 heteroatoms. The van der Waals surface area contributed by atoms with Crippen molar-refractivity contribution in [3.05, 3.63) is 56.3 Å². The number of methoxy groups -OCH3 is 1. The van der Waals surface area contributed by atoms with Crippen LogP contribution >= 0.6 is 11.3 Å². The van der Waals surface area contributed by atoms with Crippen molar-refractivity contribution >= 4 is 28.7 Å². The van der Waals surface area contributed by atoms with Gasteiger partial charge in [0.15, 0.2) is 0 Å². The van der Waals surface area contributed by atoms with Crippen LogP contribution in [-0.4, -0.2) is 48.9 Å². The fraction of sp³-hybridized carbons (Fsp3) is 0.389. The van der Waals surface area contributed by atoms with Crippen molar-refractivity contribution in [2.24, 2.45) is 0 Å². The molecule has 2 atom stereocenters. The average molecular weight is 392 g/mol. The van der Waals surface area contributed by atoms with Gasteiger partial charge in [-0.15, -0.1) is 11.3 Å². The van der Waals surface area contributed by atoms with Gasteiger partial charge in [-0.2, -0.15) is 0 Å². The van der Waals surface area contributed by atoms with Gasteiger partial charge in [0, 0.05) is 29.6 Å². The summed E-state index contributed by atoms with van der Waals surface area (Å²) in [6, 6.07) is 8.04. The molecule has 2 heterocycles. The Morgan fingerprint density at radius 1 is 1.52 bits per heavy atom. The molecule has 0 saturated carbocycles. The molecule has 0 radical (unpaired) electrons. The predicted octanol–water partition coefficient (Wildman–Crippen LogP) is 2.77. The van der Waals surface area contributed by atoms with Crippen LogP contribution in [0.25, 0.3) is 0 Å². The fourth-order valence-electron chi connectivity index (χ4n) is 3.18. The van der Waals surface area contributed by atoms with Crippen LogP contribution in [0.1, 0.15) is 27.8 Å². The third-order valence-corrected chi connectivity index (χ3v) is 5.48. The minimum absolute atomic E-state index is 0.0935. The van der Waals surface area contributed by atoms with Gasteiger partial charge in [-0.05, 0) is 23.6 Å². The van der Waals surface area contributed by atoms with E-state index in [9.17, 15) is 20.0 Å². The van der Waals surface area contributed by atoms with Crippen LogP contribution in [-0.2, 0) is 9.47 Å². The lowest BCUT2D eigenvalue weighted by Crippen LogP contribution is -2.46. The third-order valence-electron chi connectivity index (χ3n) is 4.51. The number of aliphatic hydroxyl groups is 1. The highest BCUT2D eigenvalue weighted by molar-refractivity contribution is 7.10. The first-order valence-electron chi connectivity index (χ1n) is 8.44. The minimum atomic E-state index is -0.757. The third kappa shape index (κ3) is 4.26. The molecule has 0 bridgehead atoms. The van der Waals surface area contributed by atoms with Crippen LogP contribution < -0.4 is 4.90 Å². The molecular weight excluding hydrogens is 372 g/mol. The number of anilines is 1. The van der Waals surface area contributed by atoms with Gasteiger partial charge >= 0.3 is 5.97 Å². The van der Waals surface area contributed by atoms with Crippen LogP contribution in [0.5, 0.6) is 0 Å². The molecule has 2 aromatic rings. The van der Waals surface area contributed by atoms with Crippen molar-refractivity contribution < 1.29 is 24.3 Å². The number of hydrogen-bond acceptors (Lipinski definition) is 8. The SMILES string of the molecule is COC(=O)c1cc(N2CCOCC2CC(O)c2cccs2)ccc1[N+](=O)[O-]. The summed E-state index contributed by atoms with van der Waals surface area (Å²) in [6.07, 6.45) is -0.178. The molecule has 1 aliphatic heterocycles. The number of thiophene rings is 1. The minimum Gasteiger partial charge on any atom is -0.465 e. The molecule has 1 aromatic heterocycles. The largest absolute Gasteiger partial charge is 0.465 e. The van der Waals surface area contributed by atoms with Crippen molar-refractivity contribution in [2.75, 3.05) is 31.8 Å². The van der Waals surface area contributed by atoms with Crippen molar-refractivity contribution in [1.29, 1.82) is 0 Å². The van der Waals surface area contributed by atoms with Crippen molar-refractivity contribution in [3.63, 3.8) is 0 Å². The van der Waals surface area contributed by atoms with Gasteiger partial charge < -0.3 is 19.5 Å². The van der Waals surface area contributed by atoms with Gasteiger partial charge in [-0.1, -0.05) is 6.07 Å². The molecule has 1 N–H and O–H groups in total. The summed E-state index contributed by atoms with van der Waals surface area (Å²) >= 11 is 1.49. The van der Waals surface area contributed by atoms with E-state index in [1.165, 1.54) is 30.6 Å². The molecule has 1 saturated heterocycles. The molecule has 8 nitrogen and oxygen atoms in total. The molecular formula is C18H20N2O6S. The van der Waals surface area contributed by atoms with Gasteiger partial charge in [-0.25, -0.2) is 4.79 Å². The maximum atomic E-state index is 12.0. The van der Waals surface area contributed by atoms with Crippen LogP contribution in [0.3, 0.4) is 0 Å². The zero-order valence-corrected chi connectivity index (χ0v) is 15.6. The molecule has 27 heavy (non-hydrogen) atoms. The maximum Gasteiger partial charge on any atom is 0.344 e. The van der Waals surface area contributed by atoms with E-state index >= 15 is 0 Å². The van der Waals surface area contributed by atoms with E-state index in [0.29, 0.717) is 31.9 Å². The average Bonchev–Trinajstić information content (AvgIpc) is 3.22. The number of nitrogens with zero attached hydrogens (tertiary/aromatic N) is 2. The normalized spacial score (nSPS) is 18.1. The maximum absolute atomic E-state index is 12.0. The molecule has 3 rings (SSSR count). The fourth-order valence-corrected chi connectivity index (χ4v) is 3.90.